The van der Waals surface area contributed by atoms with Crippen LogP contribution in [-0.2, 0) is 19.1 Å². The number of carbonyl (C=O) groups is 2. The average Bonchev–Trinajstić information content (AvgIpc) is 2.27. The molecule has 0 bridgehead atoms. The van der Waals surface area contributed by atoms with E-state index in [4.69, 9.17) is 4.74 Å². The third kappa shape index (κ3) is 5.82. The lowest BCUT2D eigenvalue weighted by molar-refractivity contribution is -0.145. The number of methoxy groups -OCH3 is 1. The van der Waals surface area contributed by atoms with Crippen molar-refractivity contribution in [2.24, 2.45) is 5.92 Å². The molecule has 0 fully saturated rings. The van der Waals surface area contributed by atoms with E-state index in [1.807, 2.05) is 25.9 Å². The van der Waals surface area contributed by atoms with Crippen molar-refractivity contribution in [2.75, 3.05) is 27.8 Å². The Labute approximate surface area is 96.7 Å². The largest absolute Gasteiger partial charge is 0.469 e. The molecule has 0 rings (SSSR count). The molecule has 0 N–H and O–H groups in total. The van der Waals surface area contributed by atoms with E-state index in [2.05, 4.69) is 4.74 Å². The highest BCUT2D eigenvalue weighted by Gasteiger charge is 2.17. The minimum atomic E-state index is -0.215. The Morgan fingerprint density at radius 1 is 1.38 bits per heavy atom. The van der Waals surface area contributed by atoms with Crippen LogP contribution in [0.1, 0.15) is 19.8 Å². The molecule has 0 aliphatic heterocycles. The summed E-state index contributed by atoms with van der Waals surface area (Å²) < 4.78 is 9.96. The summed E-state index contributed by atoms with van der Waals surface area (Å²) >= 11 is 0. The summed E-state index contributed by atoms with van der Waals surface area (Å²) in [5, 5.41) is 0. The number of rotatable bonds is 8. The fraction of sp³-hybridized carbons (Fsp3) is 0.818. The molecule has 0 saturated heterocycles. The molecule has 0 saturated carbocycles. The van der Waals surface area contributed by atoms with E-state index >= 15 is 0 Å². The minimum absolute atomic E-state index is 0.0788. The predicted molar refractivity (Wildman–Crippen MR) is 59.9 cm³/mol. The van der Waals surface area contributed by atoms with E-state index in [0.717, 1.165) is 6.29 Å². The molecule has 16 heavy (non-hydrogen) atoms. The van der Waals surface area contributed by atoms with E-state index in [1.165, 1.54) is 7.11 Å². The SMILES string of the molecule is COC(=O)C(C)CCC(OCC=O)N(C)C. The second-order valence-corrected chi connectivity index (χ2v) is 3.92. The molecule has 0 radical (unpaired) electrons. The average molecular weight is 231 g/mol. The van der Waals surface area contributed by atoms with Crippen LogP contribution in [-0.4, -0.2) is 51.2 Å². The topological polar surface area (TPSA) is 55.8 Å². The molecule has 0 aromatic rings. The fourth-order valence-electron chi connectivity index (χ4n) is 1.35. The number of hydrogen-bond donors (Lipinski definition) is 0. The zero-order chi connectivity index (χ0) is 12.6. The predicted octanol–water partition coefficient (Wildman–Crippen LogP) is 0.679. The first-order valence-corrected chi connectivity index (χ1v) is 5.32. The first kappa shape index (κ1) is 15.1. The number of hydrogen-bond acceptors (Lipinski definition) is 5. The van der Waals surface area contributed by atoms with E-state index in [1.54, 1.807) is 0 Å². The Kier molecular flexibility index (Phi) is 7.76. The molecule has 5 heteroatoms. The maximum absolute atomic E-state index is 11.2. The van der Waals surface area contributed by atoms with Gasteiger partial charge in [0.05, 0.1) is 13.0 Å². The van der Waals surface area contributed by atoms with Crippen molar-refractivity contribution in [1.82, 2.24) is 4.90 Å². The quantitative estimate of drug-likeness (QED) is 0.349. The molecule has 0 heterocycles. The van der Waals surface area contributed by atoms with Gasteiger partial charge in [0.2, 0.25) is 0 Å². The Morgan fingerprint density at radius 2 is 2.00 bits per heavy atom. The Morgan fingerprint density at radius 3 is 2.44 bits per heavy atom. The summed E-state index contributed by atoms with van der Waals surface area (Å²) in [6.07, 6.45) is 1.95. The zero-order valence-corrected chi connectivity index (χ0v) is 10.4. The van der Waals surface area contributed by atoms with Crippen molar-refractivity contribution in [3.8, 4) is 0 Å². The van der Waals surface area contributed by atoms with Crippen molar-refractivity contribution in [1.29, 1.82) is 0 Å². The summed E-state index contributed by atoms with van der Waals surface area (Å²) in [5.74, 6) is -0.361. The zero-order valence-electron chi connectivity index (χ0n) is 10.4. The Hall–Kier alpha value is -0.940. The highest BCUT2D eigenvalue weighted by Crippen LogP contribution is 2.12. The van der Waals surface area contributed by atoms with Crippen LogP contribution in [0.5, 0.6) is 0 Å². The molecule has 0 aliphatic carbocycles. The minimum Gasteiger partial charge on any atom is -0.469 e. The summed E-state index contributed by atoms with van der Waals surface area (Å²) in [4.78, 5) is 23.3. The van der Waals surface area contributed by atoms with Crippen molar-refractivity contribution < 1.29 is 19.1 Å². The van der Waals surface area contributed by atoms with E-state index < -0.39 is 0 Å². The van der Waals surface area contributed by atoms with Crippen LogP contribution < -0.4 is 0 Å². The number of ether oxygens (including phenoxy) is 2. The van der Waals surface area contributed by atoms with Crippen LogP contribution in [0.4, 0.5) is 0 Å². The lowest BCUT2D eigenvalue weighted by Gasteiger charge is -2.24. The van der Waals surface area contributed by atoms with Gasteiger partial charge in [-0.2, -0.15) is 0 Å². The van der Waals surface area contributed by atoms with Gasteiger partial charge >= 0.3 is 5.97 Å². The first-order valence-electron chi connectivity index (χ1n) is 5.32. The Balaban J connectivity index is 4.00. The van der Waals surface area contributed by atoms with Crippen molar-refractivity contribution in [3.05, 3.63) is 0 Å². The Bertz CT molecular complexity index is 218. The molecule has 0 aromatic carbocycles. The van der Waals surface area contributed by atoms with Gasteiger partial charge in [-0.3, -0.25) is 9.69 Å². The van der Waals surface area contributed by atoms with Crippen molar-refractivity contribution in [2.45, 2.75) is 26.0 Å². The number of esters is 1. The highest BCUT2D eigenvalue weighted by atomic mass is 16.5. The third-order valence-electron chi connectivity index (χ3n) is 2.38. The second kappa shape index (κ2) is 8.24. The summed E-state index contributed by atoms with van der Waals surface area (Å²) in [6.45, 7) is 1.90. The van der Waals surface area contributed by atoms with Gasteiger partial charge in [0.1, 0.15) is 19.1 Å². The molecular formula is C11H21NO4. The van der Waals surface area contributed by atoms with Crippen LogP contribution >= 0.6 is 0 Å². The van der Waals surface area contributed by atoms with Gasteiger partial charge in [0, 0.05) is 0 Å². The van der Waals surface area contributed by atoms with Crippen LogP contribution in [0.3, 0.4) is 0 Å². The third-order valence-corrected chi connectivity index (χ3v) is 2.38. The molecule has 5 nitrogen and oxygen atoms in total. The highest BCUT2D eigenvalue weighted by molar-refractivity contribution is 5.71. The van der Waals surface area contributed by atoms with Crippen LogP contribution in [0.15, 0.2) is 0 Å². The maximum Gasteiger partial charge on any atom is 0.308 e. The molecular weight excluding hydrogens is 210 g/mol. The summed E-state index contributed by atoms with van der Waals surface area (Å²) in [7, 11) is 5.13. The van der Waals surface area contributed by atoms with E-state index in [-0.39, 0.29) is 24.7 Å². The van der Waals surface area contributed by atoms with E-state index in [0.29, 0.717) is 12.8 Å². The second-order valence-electron chi connectivity index (χ2n) is 3.92. The van der Waals surface area contributed by atoms with Gasteiger partial charge < -0.3 is 14.3 Å². The lowest BCUT2D eigenvalue weighted by atomic mass is 10.1. The van der Waals surface area contributed by atoms with Crippen molar-refractivity contribution >= 4 is 12.3 Å². The van der Waals surface area contributed by atoms with Gasteiger partial charge in [-0.15, -0.1) is 0 Å². The molecule has 0 spiro atoms. The molecule has 0 aromatic heterocycles. The molecule has 2 atom stereocenters. The lowest BCUT2D eigenvalue weighted by Crippen LogP contribution is -2.32. The monoisotopic (exact) mass is 231 g/mol. The normalized spacial score (nSPS) is 14.6. The molecule has 94 valence electrons. The number of carbonyl (C=O) groups excluding carboxylic acids is 2. The first-order chi connectivity index (χ1) is 7.52. The number of aldehydes is 1. The van der Waals surface area contributed by atoms with E-state index in [9.17, 15) is 9.59 Å². The molecule has 0 aliphatic rings. The standard InChI is InChI=1S/C11H21NO4/c1-9(11(14)15-4)5-6-10(12(2)3)16-8-7-13/h7,9-10H,5-6,8H2,1-4H3. The summed E-state index contributed by atoms with van der Waals surface area (Å²) in [6, 6.07) is 0. The fourth-order valence-corrected chi connectivity index (χ4v) is 1.35. The van der Waals surface area contributed by atoms with Gasteiger partial charge in [-0.1, -0.05) is 6.92 Å². The van der Waals surface area contributed by atoms with Gasteiger partial charge in [-0.25, -0.2) is 0 Å². The maximum atomic E-state index is 11.2. The van der Waals surface area contributed by atoms with Crippen LogP contribution in [0.25, 0.3) is 0 Å². The molecule has 2 unspecified atom stereocenters. The van der Waals surface area contributed by atoms with Gasteiger partial charge in [0.25, 0.3) is 0 Å². The summed E-state index contributed by atoms with van der Waals surface area (Å²) in [5.41, 5.74) is 0. The van der Waals surface area contributed by atoms with Crippen LogP contribution in [0, 0.1) is 5.92 Å². The number of nitrogens with zero attached hydrogens (tertiary/aromatic N) is 1. The van der Waals surface area contributed by atoms with Gasteiger partial charge in [-0.05, 0) is 26.9 Å². The smallest absolute Gasteiger partial charge is 0.308 e. The van der Waals surface area contributed by atoms with Crippen molar-refractivity contribution in [3.63, 3.8) is 0 Å². The van der Waals surface area contributed by atoms with Crippen LogP contribution in [0.2, 0.25) is 0 Å². The van der Waals surface area contributed by atoms with Gasteiger partial charge in [0.15, 0.2) is 0 Å². The molecule has 0 amide bonds.